The van der Waals surface area contributed by atoms with E-state index in [1.165, 1.54) is 62.2 Å². The minimum atomic E-state index is 0.941. The third kappa shape index (κ3) is 3.07. The molecule has 0 N–H and O–H groups in total. The third-order valence-corrected chi connectivity index (χ3v) is 8.69. The maximum absolute atomic E-state index is 5.16. The molecule has 0 aliphatic heterocycles. The number of benzene rings is 4. The zero-order valence-corrected chi connectivity index (χ0v) is 22.0. The number of rotatable bonds is 2. The lowest BCUT2D eigenvalue weighted by Crippen LogP contribution is -2.08. The Morgan fingerprint density at radius 3 is 1.88 bits per heavy atom. The number of para-hydroxylation sites is 3. The van der Waals surface area contributed by atoms with Crippen molar-refractivity contribution in [3.8, 4) is 11.6 Å². The van der Waals surface area contributed by atoms with Gasteiger partial charge in [-0.1, -0.05) is 54.6 Å². The van der Waals surface area contributed by atoms with Crippen LogP contribution in [-0.4, -0.2) is 19.1 Å². The van der Waals surface area contributed by atoms with Crippen molar-refractivity contribution in [2.75, 3.05) is 0 Å². The molecular weight excluding hydrogens is 488 g/mol. The number of aryl methyl sites for hydroxylation is 1. The van der Waals surface area contributed by atoms with E-state index in [1.807, 2.05) is 0 Å². The van der Waals surface area contributed by atoms with Gasteiger partial charge in [-0.05, 0) is 85.8 Å². The molecule has 4 heterocycles. The number of aromatic nitrogens is 4. The predicted octanol–water partition coefficient (Wildman–Crippen LogP) is 8.70. The monoisotopic (exact) mass is 514 g/mol. The molecule has 190 valence electrons. The van der Waals surface area contributed by atoms with Crippen LogP contribution in [0.3, 0.4) is 0 Å². The molecule has 4 aromatic carbocycles. The molecule has 0 spiro atoms. The van der Waals surface area contributed by atoms with E-state index in [-0.39, 0.29) is 0 Å². The van der Waals surface area contributed by atoms with Crippen LogP contribution in [0.5, 0.6) is 0 Å². The highest BCUT2D eigenvalue weighted by Crippen LogP contribution is 2.40. The molecule has 1 aliphatic rings. The number of fused-ring (bicyclic) bond motifs is 8. The first-order valence-electron chi connectivity index (χ1n) is 14.2. The first-order valence-corrected chi connectivity index (χ1v) is 14.2. The topological polar surface area (TPSA) is 35.6 Å². The summed E-state index contributed by atoms with van der Waals surface area (Å²) >= 11 is 0. The van der Waals surface area contributed by atoms with Crippen LogP contribution >= 0.6 is 0 Å². The van der Waals surface area contributed by atoms with Gasteiger partial charge in [-0.25, -0.2) is 9.97 Å². The molecule has 0 fully saturated rings. The van der Waals surface area contributed by atoms with E-state index in [1.54, 1.807) is 0 Å². The molecule has 0 saturated carbocycles. The van der Waals surface area contributed by atoms with Crippen molar-refractivity contribution in [1.29, 1.82) is 0 Å². The lowest BCUT2D eigenvalue weighted by Gasteiger charge is -2.16. The van der Waals surface area contributed by atoms with Gasteiger partial charge in [0.1, 0.15) is 11.6 Å². The minimum absolute atomic E-state index is 0.941. The fourth-order valence-corrected chi connectivity index (χ4v) is 6.87. The number of hydrogen-bond donors (Lipinski definition) is 0. The maximum Gasteiger partial charge on any atom is 0.138 e. The Morgan fingerprint density at radius 1 is 0.475 bits per heavy atom. The largest absolute Gasteiger partial charge is 0.298 e. The van der Waals surface area contributed by atoms with Crippen molar-refractivity contribution in [1.82, 2.24) is 19.1 Å². The summed E-state index contributed by atoms with van der Waals surface area (Å²) in [6, 6.07) is 39.0. The van der Waals surface area contributed by atoms with Crippen LogP contribution in [0.1, 0.15) is 24.1 Å². The van der Waals surface area contributed by atoms with E-state index in [2.05, 4.69) is 118 Å². The van der Waals surface area contributed by atoms with Crippen LogP contribution < -0.4 is 0 Å². The highest BCUT2D eigenvalue weighted by atomic mass is 15.1. The first-order chi connectivity index (χ1) is 19.8. The highest BCUT2D eigenvalue weighted by molar-refractivity contribution is 6.14. The zero-order valence-electron chi connectivity index (χ0n) is 22.0. The van der Waals surface area contributed by atoms with Gasteiger partial charge in [0.15, 0.2) is 0 Å². The van der Waals surface area contributed by atoms with Crippen LogP contribution in [0, 0.1) is 0 Å². The summed E-state index contributed by atoms with van der Waals surface area (Å²) in [5, 5.41) is 6.21. The fourth-order valence-electron chi connectivity index (χ4n) is 6.87. The summed E-state index contributed by atoms with van der Waals surface area (Å²) in [6.45, 7) is 0. The smallest absolute Gasteiger partial charge is 0.138 e. The fraction of sp³-hybridized carbons (Fsp3) is 0.111. The van der Waals surface area contributed by atoms with Crippen LogP contribution in [0.4, 0.5) is 0 Å². The van der Waals surface area contributed by atoms with E-state index >= 15 is 0 Å². The van der Waals surface area contributed by atoms with Gasteiger partial charge < -0.3 is 0 Å². The molecule has 4 heteroatoms. The van der Waals surface area contributed by atoms with Gasteiger partial charge >= 0.3 is 0 Å². The average molecular weight is 515 g/mol. The summed E-state index contributed by atoms with van der Waals surface area (Å²) in [6.07, 6.45) is 4.64. The molecule has 0 radical (unpaired) electrons. The van der Waals surface area contributed by atoms with Crippen LogP contribution in [-0.2, 0) is 12.8 Å². The van der Waals surface area contributed by atoms with Crippen LogP contribution in [0.25, 0.3) is 66.2 Å². The van der Waals surface area contributed by atoms with Crippen molar-refractivity contribution in [3.05, 3.63) is 120 Å². The standard InChI is InChI=1S/C36H26N4/c1-5-13-29-23(9-1)17-19-35(37-29)39-31-15-7-3-11-25(31)27-21-28-26-12-4-8-16-32(26)40(34(28)22-33(27)39)36-20-18-24-10-2-6-14-30(24)38-36/h1-3,5-7,9-11,13-15,17-22H,4,8,12,16H2. The summed E-state index contributed by atoms with van der Waals surface area (Å²) in [7, 11) is 0. The van der Waals surface area contributed by atoms with E-state index < -0.39 is 0 Å². The second kappa shape index (κ2) is 8.27. The Balaban J connectivity index is 1.40. The molecule has 1 aliphatic carbocycles. The second-order valence-electron chi connectivity index (χ2n) is 10.9. The second-order valence-corrected chi connectivity index (χ2v) is 10.9. The lowest BCUT2D eigenvalue weighted by molar-refractivity contribution is 0.665. The van der Waals surface area contributed by atoms with Gasteiger partial charge in [-0.2, -0.15) is 0 Å². The van der Waals surface area contributed by atoms with Gasteiger partial charge in [-0.3, -0.25) is 9.13 Å². The molecule has 4 aromatic heterocycles. The summed E-state index contributed by atoms with van der Waals surface area (Å²) in [4.78, 5) is 10.3. The molecule has 0 saturated heterocycles. The predicted molar refractivity (Wildman–Crippen MR) is 165 cm³/mol. The van der Waals surface area contributed by atoms with Gasteiger partial charge in [-0.15, -0.1) is 0 Å². The van der Waals surface area contributed by atoms with Crippen LogP contribution in [0.2, 0.25) is 0 Å². The maximum atomic E-state index is 5.16. The van der Waals surface area contributed by atoms with Gasteiger partial charge in [0.25, 0.3) is 0 Å². The molecule has 0 atom stereocenters. The van der Waals surface area contributed by atoms with E-state index in [4.69, 9.17) is 9.97 Å². The first kappa shape index (κ1) is 21.9. The average Bonchev–Trinajstić information content (AvgIpc) is 3.51. The van der Waals surface area contributed by atoms with Crippen molar-refractivity contribution in [2.24, 2.45) is 0 Å². The van der Waals surface area contributed by atoms with Crippen molar-refractivity contribution in [3.63, 3.8) is 0 Å². The Bertz CT molecular complexity index is 2280. The van der Waals surface area contributed by atoms with Crippen LogP contribution in [0.15, 0.2) is 109 Å². The van der Waals surface area contributed by atoms with Gasteiger partial charge in [0.2, 0.25) is 0 Å². The van der Waals surface area contributed by atoms with Crippen molar-refractivity contribution < 1.29 is 0 Å². The third-order valence-electron chi connectivity index (χ3n) is 8.69. The molecule has 8 aromatic rings. The zero-order chi connectivity index (χ0) is 26.2. The molecule has 4 nitrogen and oxygen atoms in total. The number of pyridine rings is 2. The Labute approximate surface area is 231 Å². The lowest BCUT2D eigenvalue weighted by atomic mass is 9.95. The normalized spacial score (nSPS) is 13.6. The Kier molecular flexibility index (Phi) is 4.53. The van der Waals surface area contributed by atoms with E-state index in [9.17, 15) is 0 Å². The van der Waals surface area contributed by atoms with Crippen molar-refractivity contribution >= 4 is 54.5 Å². The molecule has 9 rings (SSSR count). The summed E-state index contributed by atoms with van der Waals surface area (Å²) < 4.78 is 4.77. The van der Waals surface area contributed by atoms with E-state index in [0.29, 0.717) is 0 Å². The Hall–Kier alpha value is -4.96. The quantitative estimate of drug-likeness (QED) is 0.231. The molecule has 0 bridgehead atoms. The van der Waals surface area contributed by atoms with Crippen molar-refractivity contribution in [2.45, 2.75) is 25.7 Å². The molecular formula is C36H26N4. The Morgan fingerprint density at radius 2 is 1.10 bits per heavy atom. The molecule has 0 amide bonds. The minimum Gasteiger partial charge on any atom is -0.298 e. The van der Waals surface area contributed by atoms with E-state index in [0.717, 1.165) is 40.9 Å². The highest BCUT2D eigenvalue weighted by Gasteiger charge is 2.24. The SMILES string of the molecule is c1ccc2nc(-n3c4c(c5cc6c7ccccc7n(-c7ccc8ccccc8n7)c6cc53)CCCC4)ccc2c1. The van der Waals surface area contributed by atoms with Gasteiger partial charge in [0, 0.05) is 32.6 Å². The molecule has 40 heavy (non-hydrogen) atoms. The number of nitrogens with zero attached hydrogens (tertiary/aromatic N) is 4. The van der Waals surface area contributed by atoms with Gasteiger partial charge in [0.05, 0.1) is 27.6 Å². The molecule has 0 unspecified atom stereocenters. The summed E-state index contributed by atoms with van der Waals surface area (Å²) in [5.41, 5.74) is 8.51. The number of hydrogen-bond acceptors (Lipinski definition) is 2. The summed E-state index contributed by atoms with van der Waals surface area (Å²) in [5.74, 6) is 1.94.